The van der Waals surface area contributed by atoms with Gasteiger partial charge in [0.1, 0.15) is 0 Å². The van der Waals surface area contributed by atoms with Crippen LogP contribution in [0, 0.1) is 12.8 Å². The van der Waals surface area contributed by atoms with Crippen LogP contribution in [0.2, 0.25) is 0 Å². The maximum atomic E-state index is 5.32. The number of ether oxygens (including phenoxy) is 1. The lowest BCUT2D eigenvalue weighted by molar-refractivity contribution is 0.157. The van der Waals surface area contributed by atoms with Crippen molar-refractivity contribution < 1.29 is 4.74 Å². The maximum Gasteiger partial charge on any atom is 0.193 e. The number of halogens is 1. The molecule has 0 radical (unpaired) electrons. The molecule has 1 saturated heterocycles. The van der Waals surface area contributed by atoms with Crippen molar-refractivity contribution in [1.29, 1.82) is 0 Å². The van der Waals surface area contributed by atoms with Crippen LogP contribution in [0.1, 0.15) is 30.5 Å². The van der Waals surface area contributed by atoms with Crippen LogP contribution in [0.3, 0.4) is 0 Å². The average Bonchev–Trinajstić information content (AvgIpc) is 3.04. The van der Waals surface area contributed by atoms with Gasteiger partial charge in [0.2, 0.25) is 0 Å². The van der Waals surface area contributed by atoms with Gasteiger partial charge in [0, 0.05) is 32.7 Å². The molecule has 0 aromatic heterocycles. The van der Waals surface area contributed by atoms with Gasteiger partial charge in [-0.25, -0.2) is 0 Å². The Kier molecular flexibility index (Phi) is 10.5. The fourth-order valence-corrected chi connectivity index (χ4v) is 3.35. The van der Waals surface area contributed by atoms with E-state index in [1.165, 1.54) is 17.5 Å². The average molecular weight is 474 g/mol. The van der Waals surface area contributed by atoms with Crippen molar-refractivity contribution in [3.63, 3.8) is 0 Å². The number of aliphatic imine (C=N–C) groups is 1. The number of likely N-dealkylation sites (tertiary alicyclic amines) is 1. The summed E-state index contributed by atoms with van der Waals surface area (Å²) in [7, 11) is 6.03. The van der Waals surface area contributed by atoms with Crippen LogP contribution in [0.25, 0.3) is 0 Å². The van der Waals surface area contributed by atoms with Gasteiger partial charge in [0.15, 0.2) is 5.96 Å². The summed E-state index contributed by atoms with van der Waals surface area (Å²) in [5.74, 6) is 1.63. The number of aryl methyl sites for hydroxylation is 1. The molecule has 6 heteroatoms. The highest BCUT2D eigenvalue weighted by atomic mass is 127. The minimum Gasteiger partial charge on any atom is -0.384 e. The van der Waals surface area contributed by atoms with Crippen molar-refractivity contribution in [2.45, 2.75) is 26.3 Å². The van der Waals surface area contributed by atoms with Gasteiger partial charge in [-0.3, -0.25) is 4.99 Å². The Hall–Kier alpha value is -0.860. The Balaban J connectivity index is 0.00000338. The molecular weight excluding hydrogens is 439 g/mol. The molecule has 1 N–H and O–H groups in total. The predicted octanol–water partition coefficient (Wildman–Crippen LogP) is 3.15. The number of guanidine groups is 1. The van der Waals surface area contributed by atoms with Crippen LogP contribution in [0.15, 0.2) is 29.3 Å². The Morgan fingerprint density at radius 1 is 1.35 bits per heavy atom. The van der Waals surface area contributed by atoms with Gasteiger partial charge in [-0.2, -0.15) is 0 Å². The van der Waals surface area contributed by atoms with E-state index >= 15 is 0 Å². The minimum absolute atomic E-state index is 0. The normalized spacial score (nSPS) is 18.8. The molecular formula is C20H35IN4O. The molecule has 1 aliphatic heterocycles. The number of methoxy groups -OCH3 is 1. The van der Waals surface area contributed by atoms with Gasteiger partial charge in [0.05, 0.1) is 19.2 Å². The van der Waals surface area contributed by atoms with Gasteiger partial charge in [0.25, 0.3) is 0 Å². The molecule has 148 valence electrons. The van der Waals surface area contributed by atoms with Gasteiger partial charge < -0.3 is 19.9 Å². The molecule has 2 unspecified atom stereocenters. The Bertz CT molecular complexity index is 547. The topological polar surface area (TPSA) is 40.1 Å². The van der Waals surface area contributed by atoms with Crippen molar-refractivity contribution in [2.75, 3.05) is 54.0 Å². The van der Waals surface area contributed by atoms with E-state index in [0.717, 1.165) is 38.7 Å². The summed E-state index contributed by atoms with van der Waals surface area (Å²) in [6, 6.07) is 9.07. The Morgan fingerprint density at radius 2 is 2.04 bits per heavy atom. The molecule has 2 rings (SSSR count). The Labute approximate surface area is 176 Å². The lowest BCUT2D eigenvalue weighted by Gasteiger charge is -2.26. The van der Waals surface area contributed by atoms with E-state index in [1.807, 2.05) is 0 Å². The number of benzene rings is 1. The van der Waals surface area contributed by atoms with Crippen LogP contribution >= 0.6 is 24.0 Å². The second-order valence-electron chi connectivity index (χ2n) is 7.14. The fourth-order valence-electron chi connectivity index (χ4n) is 3.35. The maximum absolute atomic E-state index is 5.32. The van der Waals surface area contributed by atoms with Crippen molar-refractivity contribution in [3.05, 3.63) is 35.4 Å². The summed E-state index contributed by atoms with van der Waals surface area (Å²) in [6.45, 7) is 8.81. The zero-order valence-corrected chi connectivity index (χ0v) is 19.2. The first kappa shape index (κ1) is 23.2. The Morgan fingerprint density at radius 3 is 2.62 bits per heavy atom. The first-order valence-electron chi connectivity index (χ1n) is 9.30. The van der Waals surface area contributed by atoms with E-state index in [-0.39, 0.29) is 30.0 Å². The number of rotatable bonds is 7. The minimum atomic E-state index is 0. The fraction of sp³-hybridized carbons (Fsp3) is 0.650. The monoisotopic (exact) mass is 474 g/mol. The molecule has 26 heavy (non-hydrogen) atoms. The van der Waals surface area contributed by atoms with E-state index < -0.39 is 0 Å². The third-order valence-corrected chi connectivity index (χ3v) is 4.82. The molecule has 0 bridgehead atoms. The molecule has 1 aromatic carbocycles. The summed E-state index contributed by atoms with van der Waals surface area (Å²) in [6.07, 6.45) is 1.17. The summed E-state index contributed by atoms with van der Waals surface area (Å²) < 4.78 is 5.32. The first-order valence-corrected chi connectivity index (χ1v) is 9.30. The predicted molar refractivity (Wildman–Crippen MR) is 121 cm³/mol. The molecule has 1 heterocycles. The highest BCUT2D eigenvalue weighted by Gasteiger charge is 2.25. The molecule has 0 spiro atoms. The number of nitrogens with zero attached hydrogens (tertiary/aromatic N) is 3. The van der Waals surface area contributed by atoms with Gasteiger partial charge in [-0.1, -0.05) is 29.8 Å². The van der Waals surface area contributed by atoms with Crippen molar-refractivity contribution in [3.8, 4) is 0 Å². The molecule has 2 atom stereocenters. The SMILES string of the molecule is CCNC(=NCC(c1ccc(C)cc1)N(C)C)N1CCC(COC)C1.I. The quantitative estimate of drug-likeness (QED) is 0.375. The molecule has 1 aliphatic rings. The van der Waals surface area contributed by atoms with E-state index in [4.69, 9.17) is 9.73 Å². The zero-order valence-electron chi connectivity index (χ0n) is 16.9. The highest BCUT2D eigenvalue weighted by Crippen LogP contribution is 2.20. The number of hydrogen-bond donors (Lipinski definition) is 1. The van der Waals surface area contributed by atoms with Crippen molar-refractivity contribution >= 4 is 29.9 Å². The van der Waals surface area contributed by atoms with Crippen molar-refractivity contribution in [1.82, 2.24) is 15.1 Å². The van der Waals surface area contributed by atoms with E-state index in [0.29, 0.717) is 5.92 Å². The number of nitrogens with one attached hydrogen (secondary N) is 1. The van der Waals surface area contributed by atoms with Gasteiger partial charge >= 0.3 is 0 Å². The lowest BCUT2D eigenvalue weighted by Crippen LogP contribution is -2.41. The zero-order chi connectivity index (χ0) is 18.2. The molecule has 1 aromatic rings. The molecule has 5 nitrogen and oxygen atoms in total. The van der Waals surface area contributed by atoms with Crippen LogP contribution in [0.4, 0.5) is 0 Å². The second-order valence-corrected chi connectivity index (χ2v) is 7.14. The van der Waals surface area contributed by atoms with Crippen LogP contribution < -0.4 is 5.32 Å². The molecule has 0 saturated carbocycles. The standard InChI is InChI=1S/C20H34N4O.HI/c1-6-21-20(24-12-11-17(14-24)15-25-5)22-13-19(23(3)4)18-9-7-16(2)8-10-18;/h7-10,17,19H,6,11-15H2,1-5H3,(H,21,22);1H. The molecule has 0 aliphatic carbocycles. The summed E-state index contributed by atoms with van der Waals surface area (Å²) in [4.78, 5) is 9.57. The number of likely N-dealkylation sites (N-methyl/N-ethyl adjacent to an activating group) is 1. The van der Waals surface area contributed by atoms with Crippen LogP contribution in [0.5, 0.6) is 0 Å². The molecule has 0 amide bonds. The third kappa shape index (κ3) is 6.70. The number of hydrogen-bond acceptors (Lipinski definition) is 3. The van der Waals surface area contributed by atoms with Crippen molar-refractivity contribution in [2.24, 2.45) is 10.9 Å². The lowest BCUT2D eigenvalue weighted by atomic mass is 10.0. The second kappa shape index (κ2) is 11.8. The highest BCUT2D eigenvalue weighted by molar-refractivity contribution is 14.0. The van der Waals surface area contributed by atoms with E-state index in [1.54, 1.807) is 7.11 Å². The summed E-state index contributed by atoms with van der Waals surface area (Å²) in [5.41, 5.74) is 2.60. The van der Waals surface area contributed by atoms with Crippen LogP contribution in [-0.2, 0) is 4.74 Å². The largest absolute Gasteiger partial charge is 0.384 e. The summed E-state index contributed by atoms with van der Waals surface area (Å²) in [5, 5.41) is 3.46. The van der Waals surface area contributed by atoms with Gasteiger partial charge in [-0.05, 0) is 39.9 Å². The summed E-state index contributed by atoms with van der Waals surface area (Å²) >= 11 is 0. The third-order valence-electron chi connectivity index (χ3n) is 4.82. The first-order chi connectivity index (χ1) is 12.0. The van der Waals surface area contributed by atoms with E-state index in [9.17, 15) is 0 Å². The molecule has 1 fully saturated rings. The van der Waals surface area contributed by atoms with E-state index in [2.05, 4.69) is 67.3 Å². The van der Waals surface area contributed by atoms with Gasteiger partial charge in [-0.15, -0.1) is 24.0 Å². The smallest absolute Gasteiger partial charge is 0.193 e. The van der Waals surface area contributed by atoms with Crippen LogP contribution in [-0.4, -0.2) is 69.8 Å².